The molecule has 0 aliphatic carbocycles. The minimum absolute atomic E-state index is 0.119. The van der Waals surface area contributed by atoms with Crippen molar-refractivity contribution in [2.45, 2.75) is 20.0 Å². The lowest BCUT2D eigenvalue weighted by Gasteiger charge is -2.15. The third-order valence-corrected chi connectivity index (χ3v) is 4.12. The normalized spacial score (nSPS) is 11.4. The van der Waals surface area contributed by atoms with E-state index in [0.717, 1.165) is 0 Å². The molecule has 0 aromatic heterocycles. The molecule has 0 spiro atoms. The van der Waals surface area contributed by atoms with Gasteiger partial charge in [0, 0.05) is 5.56 Å². The van der Waals surface area contributed by atoms with E-state index in [4.69, 9.17) is 32.7 Å². The smallest absolute Gasteiger partial charge is 0.344 e. The number of hydrogen-bond donors (Lipinski definition) is 1. The summed E-state index contributed by atoms with van der Waals surface area (Å²) in [5.41, 5.74) is 0.705. The number of carbonyl (C=O) groups is 3. The maximum Gasteiger partial charge on any atom is 0.344 e. The van der Waals surface area contributed by atoms with Gasteiger partial charge in [-0.2, -0.15) is 0 Å². The Morgan fingerprint density at radius 1 is 1.07 bits per heavy atom. The molecule has 0 fully saturated rings. The van der Waals surface area contributed by atoms with E-state index in [1.807, 2.05) is 0 Å². The van der Waals surface area contributed by atoms with Crippen LogP contribution in [-0.4, -0.2) is 30.4 Å². The lowest BCUT2D eigenvalue weighted by molar-refractivity contribution is -0.155. The summed E-state index contributed by atoms with van der Waals surface area (Å²) in [7, 11) is 0. The van der Waals surface area contributed by atoms with Crippen molar-refractivity contribution in [2.75, 3.05) is 11.9 Å². The van der Waals surface area contributed by atoms with E-state index in [1.54, 1.807) is 36.4 Å². The molecule has 0 unspecified atom stereocenters. The molecule has 0 bridgehead atoms. The summed E-state index contributed by atoms with van der Waals surface area (Å²) < 4.78 is 10.3. The fourth-order valence-corrected chi connectivity index (χ4v) is 2.57. The van der Waals surface area contributed by atoms with Crippen LogP contribution in [0.2, 0.25) is 10.0 Å². The van der Waals surface area contributed by atoms with Crippen LogP contribution in [-0.2, 0) is 14.3 Å². The van der Waals surface area contributed by atoms with Crippen LogP contribution in [0.1, 0.15) is 24.2 Å². The van der Waals surface area contributed by atoms with Crippen molar-refractivity contribution in [2.24, 2.45) is 0 Å². The van der Waals surface area contributed by atoms with Gasteiger partial charge in [-0.1, -0.05) is 41.4 Å². The molecule has 0 aliphatic heterocycles. The first-order chi connectivity index (χ1) is 12.8. The zero-order chi connectivity index (χ0) is 20.0. The highest BCUT2D eigenvalue weighted by molar-refractivity contribution is 6.39. The summed E-state index contributed by atoms with van der Waals surface area (Å²) in [6.45, 7) is 2.43. The molecule has 0 radical (unpaired) electrons. The van der Waals surface area contributed by atoms with Crippen molar-refractivity contribution in [1.82, 2.24) is 0 Å². The maximum atomic E-state index is 12.2. The predicted octanol–water partition coefficient (Wildman–Crippen LogP) is 4.15. The topological polar surface area (TPSA) is 81.7 Å². The monoisotopic (exact) mass is 409 g/mol. The average molecular weight is 410 g/mol. The number of rotatable bonds is 7. The number of halogens is 2. The van der Waals surface area contributed by atoms with Crippen LogP contribution in [0.3, 0.4) is 0 Å². The van der Waals surface area contributed by atoms with Crippen molar-refractivity contribution < 1.29 is 23.9 Å². The van der Waals surface area contributed by atoms with Gasteiger partial charge in [-0.15, -0.1) is 0 Å². The zero-order valence-electron chi connectivity index (χ0n) is 14.6. The number of esters is 1. The van der Waals surface area contributed by atoms with E-state index in [2.05, 4.69) is 5.32 Å². The summed E-state index contributed by atoms with van der Waals surface area (Å²) in [5.74, 6) is -1.10. The molecule has 6 nitrogen and oxygen atoms in total. The van der Waals surface area contributed by atoms with Gasteiger partial charge < -0.3 is 14.8 Å². The number of anilines is 1. The number of nitrogens with one attached hydrogen (secondary N) is 1. The van der Waals surface area contributed by atoms with Gasteiger partial charge in [-0.05, 0) is 38.1 Å². The van der Waals surface area contributed by atoms with E-state index in [1.165, 1.54) is 19.9 Å². The SMILES string of the molecule is CC(=O)c1cccc(OCC(=O)O[C@@H](C)C(=O)Nc2c(Cl)cccc2Cl)c1. The second kappa shape index (κ2) is 9.39. The van der Waals surface area contributed by atoms with Crippen molar-refractivity contribution in [1.29, 1.82) is 0 Å². The molecule has 0 heterocycles. The van der Waals surface area contributed by atoms with Crippen LogP contribution in [0, 0.1) is 0 Å². The van der Waals surface area contributed by atoms with Gasteiger partial charge in [0.15, 0.2) is 18.5 Å². The molecular formula is C19H17Cl2NO5. The van der Waals surface area contributed by atoms with Crippen LogP contribution in [0.15, 0.2) is 42.5 Å². The van der Waals surface area contributed by atoms with E-state index < -0.39 is 24.6 Å². The van der Waals surface area contributed by atoms with Gasteiger partial charge in [0.1, 0.15) is 5.75 Å². The lowest BCUT2D eigenvalue weighted by atomic mass is 10.1. The summed E-state index contributed by atoms with van der Waals surface area (Å²) >= 11 is 12.0. The number of ether oxygens (including phenoxy) is 2. The molecule has 27 heavy (non-hydrogen) atoms. The minimum atomic E-state index is -1.09. The van der Waals surface area contributed by atoms with Gasteiger partial charge in [0.2, 0.25) is 0 Å². The Hall–Kier alpha value is -2.57. The Labute approximate surface area is 166 Å². The first-order valence-corrected chi connectivity index (χ1v) is 8.71. The Balaban J connectivity index is 1.88. The molecule has 1 N–H and O–H groups in total. The number of benzene rings is 2. The standard InChI is InChI=1S/C19H17Cl2NO5/c1-11(23)13-5-3-6-14(9-13)26-10-17(24)27-12(2)19(25)22-18-15(20)7-4-8-16(18)21/h3-9,12H,10H2,1-2H3,(H,22,25)/t12-/m0/s1. The van der Waals surface area contributed by atoms with Crippen molar-refractivity contribution >= 4 is 46.5 Å². The number of amides is 1. The summed E-state index contributed by atoms with van der Waals surface area (Å²) in [4.78, 5) is 35.4. The number of para-hydroxylation sites is 1. The molecular weight excluding hydrogens is 393 g/mol. The molecule has 2 rings (SSSR count). The highest BCUT2D eigenvalue weighted by Gasteiger charge is 2.20. The second-order valence-electron chi connectivity index (χ2n) is 5.59. The highest BCUT2D eigenvalue weighted by atomic mass is 35.5. The summed E-state index contributed by atoms with van der Waals surface area (Å²) in [6, 6.07) is 11.2. The van der Waals surface area contributed by atoms with Crippen LogP contribution in [0.25, 0.3) is 0 Å². The van der Waals surface area contributed by atoms with Crippen LogP contribution >= 0.6 is 23.2 Å². The Bertz CT molecular complexity index is 849. The predicted molar refractivity (Wildman–Crippen MR) is 103 cm³/mol. The van der Waals surface area contributed by atoms with Crippen molar-refractivity contribution in [3.63, 3.8) is 0 Å². The number of ketones is 1. The molecule has 0 aliphatic rings. The number of hydrogen-bond acceptors (Lipinski definition) is 5. The molecule has 1 atom stereocenters. The number of carbonyl (C=O) groups excluding carboxylic acids is 3. The molecule has 1 amide bonds. The Morgan fingerprint density at radius 2 is 1.70 bits per heavy atom. The third-order valence-electron chi connectivity index (χ3n) is 3.49. The van der Waals surface area contributed by atoms with Crippen LogP contribution in [0.4, 0.5) is 5.69 Å². The minimum Gasteiger partial charge on any atom is -0.482 e. The van der Waals surface area contributed by atoms with Gasteiger partial charge >= 0.3 is 5.97 Å². The lowest BCUT2D eigenvalue weighted by Crippen LogP contribution is -2.31. The zero-order valence-corrected chi connectivity index (χ0v) is 16.1. The largest absolute Gasteiger partial charge is 0.482 e. The number of Topliss-reactive ketones (excluding diaryl/α,β-unsaturated/α-hetero) is 1. The van der Waals surface area contributed by atoms with E-state index in [-0.39, 0.29) is 21.5 Å². The van der Waals surface area contributed by atoms with Gasteiger partial charge in [0.25, 0.3) is 5.91 Å². The average Bonchev–Trinajstić information content (AvgIpc) is 2.63. The van der Waals surface area contributed by atoms with Crippen molar-refractivity contribution in [3.8, 4) is 5.75 Å². The van der Waals surface area contributed by atoms with Crippen molar-refractivity contribution in [3.05, 3.63) is 58.1 Å². The van der Waals surface area contributed by atoms with Crippen LogP contribution in [0.5, 0.6) is 5.75 Å². The van der Waals surface area contributed by atoms with E-state index in [0.29, 0.717) is 11.3 Å². The molecule has 142 valence electrons. The second-order valence-corrected chi connectivity index (χ2v) is 6.41. The fraction of sp³-hybridized carbons (Fsp3) is 0.211. The van der Waals surface area contributed by atoms with E-state index in [9.17, 15) is 14.4 Å². The molecule has 0 saturated heterocycles. The fourth-order valence-electron chi connectivity index (χ4n) is 2.07. The molecule has 0 saturated carbocycles. The van der Waals surface area contributed by atoms with Gasteiger partial charge in [-0.3, -0.25) is 9.59 Å². The molecule has 2 aromatic carbocycles. The quantitative estimate of drug-likeness (QED) is 0.548. The van der Waals surface area contributed by atoms with Gasteiger partial charge in [-0.25, -0.2) is 4.79 Å². The Kier molecular flexibility index (Phi) is 7.21. The first-order valence-electron chi connectivity index (χ1n) is 7.96. The molecule has 2 aromatic rings. The first kappa shape index (κ1) is 20.7. The highest BCUT2D eigenvalue weighted by Crippen LogP contribution is 2.29. The van der Waals surface area contributed by atoms with E-state index >= 15 is 0 Å². The molecule has 8 heteroatoms. The van der Waals surface area contributed by atoms with Gasteiger partial charge in [0.05, 0.1) is 15.7 Å². The summed E-state index contributed by atoms with van der Waals surface area (Å²) in [6.07, 6.45) is -1.09. The Morgan fingerprint density at radius 3 is 2.33 bits per heavy atom. The summed E-state index contributed by atoms with van der Waals surface area (Å²) in [5, 5.41) is 3.05. The third kappa shape index (κ3) is 5.98. The maximum absolute atomic E-state index is 12.2. The van der Waals surface area contributed by atoms with Crippen LogP contribution < -0.4 is 10.1 Å².